The molecule has 1 saturated heterocycles. The van der Waals surface area contributed by atoms with Crippen molar-refractivity contribution in [1.29, 1.82) is 0 Å². The van der Waals surface area contributed by atoms with E-state index < -0.39 is 0 Å². The zero-order valence-electron chi connectivity index (χ0n) is 14.6. The molecule has 4 N–H and O–H groups in total. The number of nitrogens with one attached hydrogen (secondary N) is 2. The van der Waals surface area contributed by atoms with Crippen molar-refractivity contribution < 1.29 is 0 Å². The van der Waals surface area contributed by atoms with Crippen LogP contribution >= 0.6 is 0 Å². The van der Waals surface area contributed by atoms with E-state index in [1.54, 1.807) is 18.6 Å². The highest BCUT2D eigenvalue weighted by molar-refractivity contribution is 5.93. The van der Waals surface area contributed by atoms with Gasteiger partial charge in [-0.05, 0) is 50.5 Å². The molecule has 0 saturated carbocycles. The van der Waals surface area contributed by atoms with E-state index >= 15 is 0 Å². The molecule has 0 bridgehead atoms. The van der Waals surface area contributed by atoms with Gasteiger partial charge in [-0.3, -0.25) is 4.79 Å². The Morgan fingerprint density at radius 2 is 2.00 bits per heavy atom. The maximum atomic E-state index is 12.4. The van der Waals surface area contributed by atoms with Crippen LogP contribution in [-0.4, -0.2) is 51.0 Å². The lowest BCUT2D eigenvalue weighted by molar-refractivity contribution is 0.264. The van der Waals surface area contributed by atoms with Gasteiger partial charge in [0.2, 0.25) is 5.95 Å². The van der Waals surface area contributed by atoms with Gasteiger partial charge >= 0.3 is 0 Å². The number of rotatable bonds is 3. The molecule has 4 rings (SSSR count). The number of pyridine rings is 2. The Morgan fingerprint density at radius 1 is 1.27 bits per heavy atom. The Labute approximate surface area is 150 Å². The predicted molar refractivity (Wildman–Crippen MR) is 102 cm³/mol. The zero-order chi connectivity index (χ0) is 18.1. The number of aromatic nitrogens is 4. The number of likely N-dealkylation sites (tertiary alicyclic amines) is 1. The van der Waals surface area contributed by atoms with Crippen LogP contribution in [0.4, 0.5) is 11.8 Å². The second-order valence-electron chi connectivity index (χ2n) is 6.68. The number of hydrogen-bond acceptors (Lipinski definition) is 7. The Morgan fingerprint density at radius 3 is 2.73 bits per heavy atom. The molecule has 134 valence electrons. The van der Waals surface area contributed by atoms with Crippen molar-refractivity contribution in [3.05, 3.63) is 41.1 Å². The van der Waals surface area contributed by atoms with Crippen molar-refractivity contribution in [3.8, 4) is 11.3 Å². The molecule has 1 aliphatic rings. The van der Waals surface area contributed by atoms with Gasteiger partial charge in [-0.25, -0.2) is 15.0 Å². The molecule has 0 unspecified atom stereocenters. The monoisotopic (exact) mass is 351 g/mol. The molecular weight excluding hydrogens is 330 g/mol. The number of fused-ring (bicyclic) bond motifs is 1. The van der Waals surface area contributed by atoms with Crippen LogP contribution in [0.3, 0.4) is 0 Å². The van der Waals surface area contributed by atoms with E-state index in [-0.39, 0.29) is 11.5 Å². The van der Waals surface area contributed by atoms with E-state index in [1.165, 1.54) is 0 Å². The summed E-state index contributed by atoms with van der Waals surface area (Å²) in [6.07, 6.45) is 6.96. The fraction of sp³-hybridized carbons (Fsp3) is 0.333. The molecule has 1 aliphatic heterocycles. The molecule has 0 radical (unpaired) electrons. The van der Waals surface area contributed by atoms with Crippen molar-refractivity contribution in [2.75, 3.05) is 31.2 Å². The summed E-state index contributed by atoms with van der Waals surface area (Å²) < 4.78 is 0. The van der Waals surface area contributed by atoms with E-state index in [0.717, 1.165) is 36.9 Å². The van der Waals surface area contributed by atoms with Crippen molar-refractivity contribution in [2.45, 2.75) is 18.9 Å². The average Bonchev–Trinajstić information content (AvgIpc) is 2.64. The molecule has 3 aromatic rings. The highest BCUT2D eigenvalue weighted by Crippen LogP contribution is 2.26. The summed E-state index contributed by atoms with van der Waals surface area (Å²) in [5.74, 6) is 0.821. The van der Waals surface area contributed by atoms with Crippen LogP contribution in [0.1, 0.15) is 12.8 Å². The van der Waals surface area contributed by atoms with Crippen molar-refractivity contribution >= 4 is 22.5 Å². The van der Waals surface area contributed by atoms with E-state index in [1.807, 2.05) is 12.1 Å². The minimum atomic E-state index is -0.148. The van der Waals surface area contributed by atoms with Gasteiger partial charge in [-0.2, -0.15) is 0 Å². The zero-order valence-corrected chi connectivity index (χ0v) is 14.6. The first-order valence-electron chi connectivity index (χ1n) is 8.65. The van der Waals surface area contributed by atoms with Crippen LogP contribution in [0.5, 0.6) is 0 Å². The highest BCUT2D eigenvalue weighted by Gasteiger charge is 2.19. The molecule has 0 amide bonds. The van der Waals surface area contributed by atoms with Gasteiger partial charge in [0.1, 0.15) is 5.82 Å². The predicted octanol–water partition coefficient (Wildman–Crippen LogP) is 1.47. The van der Waals surface area contributed by atoms with Crippen LogP contribution in [0.2, 0.25) is 0 Å². The number of nitrogens with zero attached hydrogens (tertiary/aromatic N) is 4. The van der Waals surface area contributed by atoms with Crippen LogP contribution < -0.4 is 16.6 Å². The van der Waals surface area contributed by atoms with E-state index in [9.17, 15) is 4.79 Å². The number of H-pyrrole nitrogens is 1. The quantitative estimate of drug-likeness (QED) is 0.655. The van der Waals surface area contributed by atoms with E-state index in [0.29, 0.717) is 22.9 Å². The van der Waals surface area contributed by atoms with Gasteiger partial charge in [-0.1, -0.05) is 0 Å². The number of anilines is 2. The van der Waals surface area contributed by atoms with Crippen molar-refractivity contribution in [2.24, 2.45) is 0 Å². The minimum absolute atomic E-state index is 0.148. The first-order valence-corrected chi connectivity index (χ1v) is 8.65. The largest absolute Gasteiger partial charge is 0.368 e. The maximum absolute atomic E-state index is 12.4. The molecule has 0 atom stereocenters. The fourth-order valence-corrected chi connectivity index (χ4v) is 3.28. The van der Waals surface area contributed by atoms with Crippen LogP contribution in [0.15, 0.2) is 35.5 Å². The summed E-state index contributed by atoms with van der Waals surface area (Å²) in [7, 11) is 2.12. The maximum Gasteiger partial charge on any atom is 0.259 e. The molecule has 0 spiro atoms. The number of aromatic amines is 1. The van der Waals surface area contributed by atoms with Crippen molar-refractivity contribution in [1.82, 2.24) is 24.8 Å². The Kier molecular flexibility index (Phi) is 4.26. The second-order valence-corrected chi connectivity index (χ2v) is 6.68. The Bertz CT molecular complexity index is 975. The Balaban J connectivity index is 1.78. The van der Waals surface area contributed by atoms with Gasteiger partial charge in [-0.15, -0.1) is 0 Å². The molecule has 0 aromatic carbocycles. The molecule has 3 aromatic heterocycles. The average molecular weight is 351 g/mol. The second kappa shape index (κ2) is 6.72. The summed E-state index contributed by atoms with van der Waals surface area (Å²) in [5, 5.41) is 4.88. The number of hydrogen-bond donors (Lipinski definition) is 3. The van der Waals surface area contributed by atoms with Gasteiger partial charge in [0.05, 0.1) is 11.1 Å². The smallest absolute Gasteiger partial charge is 0.259 e. The van der Waals surface area contributed by atoms with Crippen LogP contribution in [0, 0.1) is 0 Å². The van der Waals surface area contributed by atoms with E-state index in [4.69, 9.17) is 10.7 Å². The lowest BCUT2D eigenvalue weighted by Crippen LogP contribution is -2.37. The molecule has 26 heavy (non-hydrogen) atoms. The summed E-state index contributed by atoms with van der Waals surface area (Å²) in [6.45, 7) is 2.05. The summed E-state index contributed by atoms with van der Waals surface area (Å²) >= 11 is 0. The minimum Gasteiger partial charge on any atom is -0.368 e. The molecule has 8 nitrogen and oxygen atoms in total. The summed E-state index contributed by atoms with van der Waals surface area (Å²) in [4.78, 5) is 30.2. The first-order chi connectivity index (χ1) is 12.6. The highest BCUT2D eigenvalue weighted by atomic mass is 16.1. The Hall–Kier alpha value is -3.00. The van der Waals surface area contributed by atoms with Gasteiger partial charge in [0.25, 0.3) is 5.56 Å². The third-order valence-corrected chi connectivity index (χ3v) is 4.78. The lowest BCUT2D eigenvalue weighted by Gasteiger charge is -2.30. The third-order valence-electron chi connectivity index (χ3n) is 4.78. The number of piperidine rings is 1. The van der Waals surface area contributed by atoms with Gasteiger partial charge < -0.3 is 20.9 Å². The van der Waals surface area contributed by atoms with Gasteiger partial charge in [0.15, 0.2) is 0 Å². The normalized spacial score (nSPS) is 16.0. The molecular formula is C18H21N7O. The first kappa shape index (κ1) is 16.5. The molecule has 0 aliphatic carbocycles. The standard InChI is InChI=1S/C18H21N7O/c1-25-6-3-13(4-7-25)23-16-15-11(2-5-20-17(15)26)8-14(24-16)12-9-21-18(19)22-10-12/h2,5,8-10,13H,3-4,6-7H2,1H3,(H,20,26)(H,23,24)(H2,19,21,22). The molecule has 4 heterocycles. The number of nitrogens with two attached hydrogens (primary N) is 1. The van der Waals surface area contributed by atoms with Gasteiger partial charge in [0, 0.05) is 30.2 Å². The SMILES string of the molecule is CN1CCC(Nc2nc(-c3cnc(N)nc3)cc3cc[nH]c(=O)c23)CC1. The lowest BCUT2D eigenvalue weighted by atomic mass is 10.0. The van der Waals surface area contributed by atoms with Crippen LogP contribution in [0.25, 0.3) is 22.0 Å². The third kappa shape index (κ3) is 3.23. The molecule has 1 fully saturated rings. The van der Waals surface area contributed by atoms with Crippen LogP contribution in [-0.2, 0) is 0 Å². The molecule has 8 heteroatoms. The number of nitrogen functional groups attached to an aromatic ring is 1. The summed E-state index contributed by atoms with van der Waals surface area (Å²) in [5.41, 5.74) is 6.89. The summed E-state index contributed by atoms with van der Waals surface area (Å²) in [6, 6.07) is 4.04. The topological polar surface area (TPSA) is 113 Å². The van der Waals surface area contributed by atoms with Crippen molar-refractivity contribution in [3.63, 3.8) is 0 Å². The van der Waals surface area contributed by atoms with E-state index in [2.05, 4.69) is 32.2 Å². The fourth-order valence-electron chi connectivity index (χ4n) is 3.28.